The number of thioether (sulfide) groups is 1. The molecule has 1 atom stereocenters. The van der Waals surface area contributed by atoms with Crippen LogP contribution in [0.2, 0.25) is 0 Å². The zero-order valence-corrected chi connectivity index (χ0v) is 18.5. The van der Waals surface area contributed by atoms with Crippen molar-refractivity contribution in [2.75, 3.05) is 23.7 Å². The van der Waals surface area contributed by atoms with Crippen molar-refractivity contribution in [3.8, 4) is 0 Å². The summed E-state index contributed by atoms with van der Waals surface area (Å²) in [6.45, 7) is 8.62. The number of hydrogen-bond acceptors (Lipinski definition) is 7. The summed E-state index contributed by atoms with van der Waals surface area (Å²) in [5, 5.41) is 4.42. The van der Waals surface area contributed by atoms with Crippen LogP contribution in [0.4, 0.5) is 5.13 Å². The topological polar surface area (TPSA) is 80.1 Å². The molecule has 1 aliphatic rings. The first-order valence-electron chi connectivity index (χ1n) is 10.1. The first kappa shape index (κ1) is 21.1. The lowest BCUT2D eigenvalue weighted by Gasteiger charge is -2.25. The molecule has 0 spiro atoms. The molecule has 28 heavy (non-hydrogen) atoms. The standard InChI is InChI=1S/C19H29N5O2S2/c1-4-9-24-17(26)15-16(21-18(28-15)23-10-7-6-8-11-23)22-19(24)27-12-14(25)20-13(3)5-2/h13H,4-12H2,1-3H3,(H,20,25)/t13-/m1/s1. The number of anilines is 1. The number of nitrogens with zero attached hydrogens (tertiary/aromatic N) is 4. The minimum Gasteiger partial charge on any atom is -0.353 e. The number of piperidine rings is 1. The molecule has 154 valence electrons. The molecule has 7 nitrogen and oxygen atoms in total. The number of nitrogens with one attached hydrogen (secondary N) is 1. The van der Waals surface area contributed by atoms with Gasteiger partial charge >= 0.3 is 0 Å². The van der Waals surface area contributed by atoms with Crippen molar-refractivity contribution in [2.45, 2.75) is 70.6 Å². The Labute approximate surface area is 173 Å². The second-order valence-electron chi connectivity index (χ2n) is 7.21. The molecule has 1 fully saturated rings. The predicted molar refractivity (Wildman–Crippen MR) is 117 cm³/mol. The van der Waals surface area contributed by atoms with Gasteiger partial charge in [-0.15, -0.1) is 0 Å². The fraction of sp³-hybridized carbons (Fsp3) is 0.684. The molecule has 0 bridgehead atoms. The number of fused-ring (bicyclic) bond motifs is 1. The zero-order chi connectivity index (χ0) is 20.1. The van der Waals surface area contributed by atoms with Crippen LogP contribution in [0, 0.1) is 0 Å². The van der Waals surface area contributed by atoms with Gasteiger partial charge in [0, 0.05) is 25.7 Å². The van der Waals surface area contributed by atoms with Crippen LogP contribution in [0.3, 0.4) is 0 Å². The van der Waals surface area contributed by atoms with Gasteiger partial charge < -0.3 is 10.2 Å². The van der Waals surface area contributed by atoms with Crippen LogP contribution in [0.1, 0.15) is 52.9 Å². The van der Waals surface area contributed by atoms with Gasteiger partial charge in [0.25, 0.3) is 5.56 Å². The van der Waals surface area contributed by atoms with Crippen molar-refractivity contribution in [3.05, 3.63) is 10.4 Å². The van der Waals surface area contributed by atoms with Crippen LogP contribution < -0.4 is 15.8 Å². The van der Waals surface area contributed by atoms with Gasteiger partial charge in [-0.3, -0.25) is 14.2 Å². The second kappa shape index (κ2) is 9.73. The molecule has 9 heteroatoms. The molecule has 0 aromatic carbocycles. The van der Waals surface area contributed by atoms with E-state index in [1.54, 1.807) is 4.57 Å². The van der Waals surface area contributed by atoms with Gasteiger partial charge in [-0.25, -0.2) is 4.98 Å². The Bertz CT molecular complexity index is 873. The van der Waals surface area contributed by atoms with E-state index in [1.807, 2.05) is 20.8 Å². The van der Waals surface area contributed by atoms with E-state index < -0.39 is 0 Å². The number of rotatable bonds is 8. The first-order valence-corrected chi connectivity index (χ1v) is 11.9. The predicted octanol–water partition coefficient (Wildman–Crippen LogP) is 3.26. The van der Waals surface area contributed by atoms with Crippen molar-refractivity contribution in [1.29, 1.82) is 0 Å². The van der Waals surface area contributed by atoms with E-state index in [9.17, 15) is 9.59 Å². The molecule has 0 aliphatic carbocycles. The summed E-state index contributed by atoms with van der Waals surface area (Å²) in [6.07, 6.45) is 5.30. The number of amides is 1. The minimum absolute atomic E-state index is 0.0379. The van der Waals surface area contributed by atoms with E-state index in [0.717, 1.165) is 43.9 Å². The van der Waals surface area contributed by atoms with Crippen LogP contribution in [0.15, 0.2) is 9.95 Å². The van der Waals surface area contributed by atoms with Crippen molar-refractivity contribution in [3.63, 3.8) is 0 Å². The molecule has 0 radical (unpaired) electrons. The van der Waals surface area contributed by atoms with Gasteiger partial charge in [-0.2, -0.15) is 4.98 Å². The normalized spacial score (nSPS) is 15.8. The van der Waals surface area contributed by atoms with Gasteiger partial charge in [0.2, 0.25) is 5.91 Å². The van der Waals surface area contributed by atoms with E-state index in [4.69, 9.17) is 0 Å². The zero-order valence-electron chi connectivity index (χ0n) is 16.9. The van der Waals surface area contributed by atoms with E-state index in [-0.39, 0.29) is 23.3 Å². The van der Waals surface area contributed by atoms with E-state index >= 15 is 0 Å². The molecule has 0 unspecified atom stereocenters. The highest BCUT2D eigenvalue weighted by atomic mass is 32.2. The molecule has 1 aliphatic heterocycles. The van der Waals surface area contributed by atoms with Crippen LogP contribution in [-0.4, -0.2) is 45.3 Å². The molecule has 0 saturated carbocycles. The Hall–Kier alpha value is -1.61. The van der Waals surface area contributed by atoms with Gasteiger partial charge in [0.15, 0.2) is 15.9 Å². The van der Waals surface area contributed by atoms with E-state index in [2.05, 4.69) is 20.2 Å². The lowest BCUT2D eigenvalue weighted by Crippen LogP contribution is -2.33. The highest BCUT2D eigenvalue weighted by Crippen LogP contribution is 2.29. The molecular weight excluding hydrogens is 394 g/mol. The van der Waals surface area contributed by atoms with E-state index in [0.29, 0.717) is 22.0 Å². The molecule has 1 amide bonds. The lowest BCUT2D eigenvalue weighted by atomic mass is 10.1. The number of hydrogen-bond donors (Lipinski definition) is 1. The van der Waals surface area contributed by atoms with Gasteiger partial charge in [0.05, 0.1) is 5.75 Å². The van der Waals surface area contributed by atoms with Crippen LogP contribution in [0.25, 0.3) is 10.3 Å². The Kier molecular flexibility index (Phi) is 7.34. The van der Waals surface area contributed by atoms with Crippen LogP contribution in [-0.2, 0) is 11.3 Å². The summed E-state index contributed by atoms with van der Waals surface area (Å²) < 4.78 is 2.31. The smallest absolute Gasteiger partial charge is 0.273 e. The summed E-state index contributed by atoms with van der Waals surface area (Å²) >= 11 is 2.76. The summed E-state index contributed by atoms with van der Waals surface area (Å²) in [5.74, 6) is 0.207. The molecule has 3 heterocycles. The fourth-order valence-corrected chi connectivity index (χ4v) is 5.01. The van der Waals surface area contributed by atoms with Gasteiger partial charge in [0.1, 0.15) is 4.70 Å². The largest absolute Gasteiger partial charge is 0.353 e. The number of carbonyl (C=O) groups is 1. The monoisotopic (exact) mass is 423 g/mol. The lowest BCUT2D eigenvalue weighted by molar-refractivity contribution is -0.119. The van der Waals surface area contributed by atoms with Crippen molar-refractivity contribution >= 4 is 44.5 Å². The van der Waals surface area contributed by atoms with Crippen LogP contribution in [0.5, 0.6) is 0 Å². The molecule has 1 saturated heterocycles. The summed E-state index contributed by atoms with van der Waals surface area (Å²) in [7, 11) is 0. The minimum atomic E-state index is -0.0440. The highest BCUT2D eigenvalue weighted by molar-refractivity contribution is 7.99. The van der Waals surface area contributed by atoms with Crippen molar-refractivity contribution in [2.24, 2.45) is 0 Å². The van der Waals surface area contributed by atoms with Crippen molar-refractivity contribution in [1.82, 2.24) is 19.9 Å². The molecule has 3 rings (SSSR count). The third-order valence-corrected chi connectivity index (χ3v) is 6.97. The third kappa shape index (κ3) is 4.86. The third-order valence-electron chi connectivity index (χ3n) is 4.90. The van der Waals surface area contributed by atoms with Crippen molar-refractivity contribution < 1.29 is 4.79 Å². The maximum Gasteiger partial charge on any atom is 0.273 e. The summed E-state index contributed by atoms with van der Waals surface area (Å²) in [6, 6.07) is 0.145. The number of aromatic nitrogens is 3. The Morgan fingerprint density at radius 1 is 1.25 bits per heavy atom. The van der Waals surface area contributed by atoms with E-state index in [1.165, 1.54) is 29.5 Å². The van der Waals surface area contributed by atoms with Gasteiger partial charge in [-0.05, 0) is 39.0 Å². The summed E-state index contributed by atoms with van der Waals surface area (Å²) in [5.41, 5.74) is 0.463. The highest BCUT2D eigenvalue weighted by Gasteiger charge is 2.20. The summed E-state index contributed by atoms with van der Waals surface area (Å²) in [4.78, 5) is 36.8. The quantitative estimate of drug-likeness (QED) is 0.519. The fourth-order valence-electron chi connectivity index (χ4n) is 3.18. The second-order valence-corrected chi connectivity index (χ2v) is 9.13. The van der Waals surface area contributed by atoms with Crippen LogP contribution >= 0.6 is 23.1 Å². The SMILES string of the molecule is CCCn1c(SCC(=O)N[C@H](C)CC)nc2nc(N3CCCCC3)sc2c1=O. The molecule has 2 aromatic heterocycles. The average molecular weight is 424 g/mol. The Morgan fingerprint density at radius 2 is 2.00 bits per heavy atom. The Morgan fingerprint density at radius 3 is 2.68 bits per heavy atom. The maximum absolute atomic E-state index is 13.1. The Balaban J connectivity index is 1.87. The average Bonchev–Trinajstić information content (AvgIpc) is 3.14. The first-order chi connectivity index (χ1) is 13.5. The molecule has 1 N–H and O–H groups in total. The molecule has 2 aromatic rings. The number of carbonyl (C=O) groups excluding carboxylic acids is 1. The maximum atomic E-state index is 13.1. The molecular formula is C19H29N5O2S2. The number of thiazole rings is 1. The van der Waals surface area contributed by atoms with Gasteiger partial charge in [-0.1, -0.05) is 36.9 Å².